The van der Waals surface area contributed by atoms with Gasteiger partial charge in [-0.05, 0) is 43.9 Å². The Morgan fingerprint density at radius 3 is 2.94 bits per heavy atom. The van der Waals surface area contributed by atoms with E-state index in [9.17, 15) is 4.79 Å². The summed E-state index contributed by atoms with van der Waals surface area (Å²) >= 11 is 4.76. The van der Waals surface area contributed by atoms with Gasteiger partial charge in [0.25, 0.3) is 0 Å². The summed E-state index contributed by atoms with van der Waals surface area (Å²) in [5.41, 5.74) is 4.33. The number of rotatable bonds is 7. The van der Waals surface area contributed by atoms with Crippen LogP contribution in [0.5, 0.6) is 0 Å². The van der Waals surface area contributed by atoms with Gasteiger partial charge in [0.2, 0.25) is 5.91 Å². The van der Waals surface area contributed by atoms with Crippen LogP contribution in [-0.4, -0.2) is 49.6 Å². The zero-order valence-corrected chi connectivity index (χ0v) is 20.1. The second-order valence-corrected chi connectivity index (χ2v) is 10.6. The molecule has 0 spiro atoms. The van der Waals surface area contributed by atoms with Gasteiger partial charge in [-0.3, -0.25) is 9.78 Å². The molecule has 6 nitrogen and oxygen atoms in total. The maximum absolute atomic E-state index is 12.8. The van der Waals surface area contributed by atoms with E-state index >= 15 is 0 Å². The Kier molecular flexibility index (Phi) is 7.58. The van der Waals surface area contributed by atoms with E-state index in [0.717, 1.165) is 63.7 Å². The number of hydrogen-bond donors (Lipinski definition) is 0. The normalized spacial score (nSPS) is 16.5. The molecular weight excluding hydrogens is 446 g/mol. The summed E-state index contributed by atoms with van der Waals surface area (Å²) in [4.78, 5) is 32.8. The molecule has 4 rings (SSSR count). The zero-order valence-electron chi connectivity index (χ0n) is 17.7. The van der Waals surface area contributed by atoms with Crippen LogP contribution >= 0.6 is 34.9 Å². The molecule has 0 N–H and O–H groups in total. The lowest BCUT2D eigenvalue weighted by molar-refractivity contribution is -0.129. The molecule has 9 heteroatoms. The first-order chi connectivity index (χ1) is 15.1. The van der Waals surface area contributed by atoms with Gasteiger partial charge in [-0.15, -0.1) is 11.3 Å². The highest BCUT2D eigenvalue weighted by Gasteiger charge is 2.27. The Hall–Kier alpha value is -1.97. The van der Waals surface area contributed by atoms with Crippen molar-refractivity contribution in [3.8, 4) is 0 Å². The van der Waals surface area contributed by atoms with Crippen molar-refractivity contribution in [1.82, 2.24) is 24.8 Å². The standard InChI is InChI=1S/C22H25N5OS3/c1-15-9-24-21(29-13-17-5-3-7-23-10-17)26-20(15)18-6-4-8-27(11-18)19(28)14-31-22-25-16(2)12-30-22/h3,5,7,9-10,12,18H,4,6,8,11,13-14H2,1-2H3/t18-/m1/s1. The molecule has 0 bridgehead atoms. The molecule has 31 heavy (non-hydrogen) atoms. The lowest BCUT2D eigenvalue weighted by atomic mass is 9.92. The van der Waals surface area contributed by atoms with Gasteiger partial charge in [-0.25, -0.2) is 15.0 Å². The van der Waals surface area contributed by atoms with Crippen LogP contribution in [0.4, 0.5) is 0 Å². The highest BCUT2D eigenvalue weighted by molar-refractivity contribution is 8.01. The average Bonchev–Trinajstić information content (AvgIpc) is 3.22. The summed E-state index contributed by atoms with van der Waals surface area (Å²) in [6, 6.07) is 4.00. The van der Waals surface area contributed by atoms with E-state index in [1.807, 2.05) is 35.7 Å². The van der Waals surface area contributed by atoms with Crippen molar-refractivity contribution < 1.29 is 4.79 Å². The number of aromatic nitrogens is 4. The van der Waals surface area contributed by atoms with Crippen LogP contribution in [0.15, 0.2) is 45.6 Å². The third-order valence-corrected chi connectivity index (χ3v) is 8.21. The second-order valence-electron chi connectivity index (χ2n) is 7.59. The summed E-state index contributed by atoms with van der Waals surface area (Å²) < 4.78 is 0.960. The van der Waals surface area contributed by atoms with Gasteiger partial charge >= 0.3 is 0 Å². The minimum absolute atomic E-state index is 0.181. The Balaban J connectivity index is 1.38. The van der Waals surface area contributed by atoms with Crippen molar-refractivity contribution in [3.63, 3.8) is 0 Å². The highest BCUT2D eigenvalue weighted by Crippen LogP contribution is 2.30. The summed E-state index contributed by atoms with van der Waals surface area (Å²) in [5.74, 6) is 1.67. The first-order valence-electron chi connectivity index (χ1n) is 10.3. The first-order valence-corrected chi connectivity index (χ1v) is 13.1. The highest BCUT2D eigenvalue weighted by atomic mass is 32.2. The summed E-state index contributed by atoms with van der Waals surface area (Å²) in [6.07, 6.45) is 7.61. The van der Waals surface area contributed by atoms with Crippen molar-refractivity contribution in [1.29, 1.82) is 0 Å². The molecular formula is C22H25N5OS3. The minimum Gasteiger partial charge on any atom is -0.341 e. The first kappa shape index (κ1) is 22.2. The Labute approximate surface area is 195 Å². The van der Waals surface area contributed by atoms with E-state index in [1.54, 1.807) is 29.3 Å². The predicted molar refractivity (Wildman–Crippen MR) is 127 cm³/mol. The molecule has 1 fully saturated rings. The van der Waals surface area contributed by atoms with Crippen molar-refractivity contribution in [2.75, 3.05) is 18.8 Å². The Bertz CT molecular complexity index is 1030. The third-order valence-electron chi connectivity index (χ3n) is 5.16. The fraction of sp³-hybridized carbons (Fsp3) is 0.409. The van der Waals surface area contributed by atoms with Crippen molar-refractivity contribution in [2.45, 2.75) is 47.9 Å². The minimum atomic E-state index is 0.181. The summed E-state index contributed by atoms with van der Waals surface area (Å²) in [6.45, 7) is 5.58. The van der Waals surface area contributed by atoms with Crippen LogP contribution in [0.3, 0.4) is 0 Å². The number of nitrogens with zero attached hydrogens (tertiary/aromatic N) is 5. The van der Waals surface area contributed by atoms with Gasteiger partial charge in [0.15, 0.2) is 9.50 Å². The van der Waals surface area contributed by atoms with Crippen molar-refractivity contribution in [2.24, 2.45) is 0 Å². The molecule has 1 aliphatic heterocycles. The molecule has 0 aliphatic carbocycles. The second kappa shape index (κ2) is 10.6. The van der Waals surface area contributed by atoms with Gasteiger partial charge < -0.3 is 4.90 Å². The number of thioether (sulfide) groups is 2. The molecule has 1 atom stereocenters. The Morgan fingerprint density at radius 1 is 1.26 bits per heavy atom. The lowest BCUT2D eigenvalue weighted by Crippen LogP contribution is -2.40. The monoisotopic (exact) mass is 471 g/mol. The van der Waals surface area contributed by atoms with Crippen LogP contribution in [-0.2, 0) is 10.5 Å². The number of hydrogen-bond acceptors (Lipinski definition) is 8. The van der Waals surface area contributed by atoms with Gasteiger partial charge in [0.1, 0.15) is 0 Å². The maximum Gasteiger partial charge on any atom is 0.233 e. The van der Waals surface area contributed by atoms with E-state index in [0.29, 0.717) is 5.75 Å². The summed E-state index contributed by atoms with van der Waals surface area (Å²) in [5, 5.41) is 2.80. The molecule has 162 valence electrons. The number of pyridine rings is 1. The van der Waals surface area contributed by atoms with Crippen LogP contribution in [0.25, 0.3) is 0 Å². The molecule has 1 amide bonds. The van der Waals surface area contributed by atoms with Crippen molar-refractivity contribution >= 4 is 40.8 Å². The van der Waals surface area contributed by atoms with E-state index in [1.165, 1.54) is 11.8 Å². The van der Waals surface area contributed by atoms with Gasteiger partial charge in [-0.1, -0.05) is 29.6 Å². The topological polar surface area (TPSA) is 71.9 Å². The molecule has 0 unspecified atom stereocenters. The molecule has 1 aliphatic rings. The number of piperidine rings is 1. The van der Waals surface area contributed by atoms with E-state index in [-0.39, 0.29) is 11.8 Å². The van der Waals surface area contributed by atoms with E-state index in [2.05, 4.69) is 27.9 Å². The number of likely N-dealkylation sites (tertiary alicyclic amines) is 1. The SMILES string of the molecule is Cc1csc(SCC(=O)N2CCC[C@@H](c3nc(SCc4cccnc4)ncc3C)C2)n1. The largest absolute Gasteiger partial charge is 0.341 e. The Morgan fingerprint density at radius 2 is 2.16 bits per heavy atom. The maximum atomic E-state index is 12.8. The molecule has 1 saturated heterocycles. The molecule has 0 aromatic carbocycles. The van der Waals surface area contributed by atoms with E-state index < -0.39 is 0 Å². The smallest absolute Gasteiger partial charge is 0.233 e. The van der Waals surface area contributed by atoms with Gasteiger partial charge in [0.05, 0.1) is 11.4 Å². The van der Waals surface area contributed by atoms with E-state index in [4.69, 9.17) is 4.98 Å². The van der Waals surface area contributed by atoms with Crippen LogP contribution < -0.4 is 0 Å². The van der Waals surface area contributed by atoms with Crippen LogP contribution in [0, 0.1) is 13.8 Å². The molecule has 0 saturated carbocycles. The molecule has 3 aromatic rings. The summed E-state index contributed by atoms with van der Waals surface area (Å²) in [7, 11) is 0. The zero-order chi connectivity index (χ0) is 21.6. The predicted octanol–water partition coefficient (Wildman–Crippen LogP) is 4.74. The fourth-order valence-electron chi connectivity index (χ4n) is 3.59. The average molecular weight is 472 g/mol. The number of carbonyl (C=O) groups excluding carboxylic acids is 1. The number of carbonyl (C=O) groups is 1. The lowest BCUT2D eigenvalue weighted by Gasteiger charge is -2.33. The van der Waals surface area contributed by atoms with Gasteiger partial charge in [-0.2, -0.15) is 0 Å². The number of thiazole rings is 1. The van der Waals surface area contributed by atoms with Gasteiger partial charge in [0, 0.05) is 54.4 Å². The molecule has 3 aromatic heterocycles. The number of aryl methyl sites for hydroxylation is 2. The number of amides is 1. The van der Waals surface area contributed by atoms with Crippen LogP contribution in [0.1, 0.15) is 41.3 Å². The third kappa shape index (κ3) is 6.05. The quantitative estimate of drug-likeness (QED) is 0.364. The van der Waals surface area contributed by atoms with Crippen molar-refractivity contribution in [3.05, 3.63) is 58.6 Å². The molecule has 0 radical (unpaired) electrons. The fourth-order valence-corrected chi connectivity index (χ4v) is 6.10. The molecule has 4 heterocycles. The van der Waals surface area contributed by atoms with Crippen LogP contribution in [0.2, 0.25) is 0 Å².